The summed E-state index contributed by atoms with van der Waals surface area (Å²) >= 11 is 0.809. The zero-order chi connectivity index (χ0) is 37.0. The van der Waals surface area contributed by atoms with Crippen LogP contribution in [0, 0.1) is 0 Å². The largest absolute Gasteiger partial charge is 0.748 e. The van der Waals surface area contributed by atoms with Gasteiger partial charge in [0, 0.05) is 63.9 Å². The first-order chi connectivity index (χ1) is 24.0. The van der Waals surface area contributed by atoms with Gasteiger partial charge in [0.15, 0.2) is 5.71 Å². The molecule has 274 valence electrons. The van der Waals surface area contributed by atoms with E-state index in [1.165, 1.54) is 5.56 Å². The number of nitrogens with zero attached hydrogens (tertiary/aromatic N) is 2. The highest BCUT2D eigenvalue weighted by Gasteiger charge is 2.45. The maximum absolute atomic E-state index is 11.3. The normalized spacial score (nSPS) is 17.8. The van der Waals surface area contributed by atoms with Gasteiger partial charge >= 0.3 is 0 Å². The number of benzene rings is 3. The van der Waals surface area contributed by atoms with Crippen LogP contribution in [0.4, 0.5) is 11.4 Å². The quantitative estimate of drug-likeness (QED) is 0.0326. The zero-order valence-corrected chi connectivity index (χ0v) is 31.5. The molecule has 3 aromatic carbocycles. The first-order valence-corrected chi connectivity index (χ1v) is 20.6. The molecule has 11 nitrogen and oxygen atoms in total. The van der Waals surface area contributed by atoms with Gasteiger partial charge in [-0.3, -0.25) is 5.04 Å². The lowest BCUT2D eigenvalue weighted by molar-refractivity contribution is -0.777. The molecule has 0 saturated carbocycles. The molecule has 0 radical (unpaired) electrons. The molecule has 14 heteroatoms. The third-order valence-electron chi connectivity index (χ3n) is 9.56. The lowest BCUT2D eigenvalue weighted by Crippen LogP contribution is -2.28. The number of hydrogen-bond acceptors (Lipinski definition) is 11. The molecule has 5 rings (SSSR count). The van der Waals surface area contributed by atoms with E-state index in [-0.39, 0.29) is 18.3 Å². The molecule has 0 amide bonds. The minimum absolute atomic E-state index is 0.238. The van der Waals surface area contributed by atoms with Crippen LogP contribution >= 0.6 is 12.0 Å². The maximum Gasteiger partial charge on any atom is 0.210 e. The van der Waals surface area contributed by atoms with E-state index in [9.17, 15) is 31.2 Å². The average Bonchev–Trinajstić information content (AvgIpc) is 3.41. The SMILES string of the molecule is CC1(C)C(=CC=CC=CC2=[N+](CCCCS(=O)(=O)[O-])c3ccc4ccccc4c3C2(C)C)N(CCCCS(=O)(=O)[O-])c2ccc(SOO[O-])cc21. The molecule has 0 aromatic heterocycles. The van der Waals surface area contributed by atoms with Crippen molar-refractivity contribution in [3.8, 4) is 0 Å². The van der Waals surface area contributed by atoms with Crippen molar-refractivity contribution in [2.45, 2.75) is 69.1 Å². The van der Waals surface area contributed by atoms with Crippen molar-refractivity contribution in [3.63, 3.8) is 0 Å². The van der Waals surface area contributed by atoms with Gasteiger partial charge in [0.2, 0.25) is 5.69 Å². The van der Waals surface area contributed by atoms with Gasteiger partial charge in [0.05, 0.1) is 37.7 Å². The van der Waals surface area contributed by atoms with Crippen molar-refractivity contribution >= 4 is 60.1 Å². The number of unbranched alkanes of at least 4 members (excludes halogenated alkanes) is 2. The summed E-state index contributed by atoms with van der Waals surface area (Å²) in [6.45, 7) is 9.57. The van der Waals surface area contributed by atoms with E-state index >= 15 is 0 Å². The van der Waals surface area contributed by atoms with E-state index in [1.54, 1.807) is 0 Å². The highest BCUT2D eigenvalue weighted by molar-refractivity contribution is 7.94. The van der Waals surface area contributed by atoms with Crippen LogP contribution < -0.4 is 10.2 Å². The maximum atomic E-state index is 11.3. The summed E-state index contributed by atoms with van der Waals surface area (Å²) in [6.07, 6.45) is 11.5. The van der Waals surface area contributed by atoms with E-state index in [1.807, 2.05) is 54.6 Å². The van der Waals surface area contributed by atoms with E-state index in [4.69, 9.17) is 0 Å². The van der Waals surface area contributed by atoms with E-state index < -0.39 is 37.2 Å². The fourth-order valence-corrected chi connectivity index (χ4v) is 8.74. The van der Waals surface area contributed by atoms with Gasteiger partial charge in [-0.15, -0.1) is 0 Å². The standard InChI is InChI=1S/C37H44N2O9S3/c1-36(2)30-26-28(49-48-47-40)19-21-31(30)38(22-10-12-24-50(41,42)43)33(36)16-6-5-7-17-34-37(3,4)35-29-15-9-8-14-27(29)18-20-32(35)39(34)23-11-13-25-51(44,45)46/h5-9,14-21,26H,10-13,22-25H2,1-4H3,(H2-,40,41,42,43,44,45,46)/p-2. The topological polar surface area (TPSA) is 162 Å². The highest BCUT2D eigenvalue weighted by Crippen LogP contribution is 2.49. The molecule has 0 aliphatic carbocycles. The summed E-state index contributed by atoms with van der Waals surface area (Å²) < 4.78 is 74.2. The highest BCUT2D eigenvalue weighted by atomic mass is 32.2. The Labute approximate surface area is 304 Å². The Kier molecular flexibility index (Phi) is 12.0. The van der Waals surface area contributed by atoms with Gasteiger partial charge < -0.3 is 19.3 Å². The molecule has 0 atom stereocenters. The third-order valence-corrected chi connectivity index (χ3v) is 11.7. The molecule has 51 heavy (non-hydrogen) atoms. The molecule has 2 heterocycles. The van der Waals surface area contributed by atoms with Crippen molar-refractivity contribution in [3.05, 3.63) is 102 Å². The molecular weight excluding hydrogens is 713 g/mol. The molecule has 2 aliphatic heterocycles. The second-order valence-corrected chi connectivity index (χ2v) is 17.6. The molecule has 3 aromatic rings. The zero-order valence-electron chi connectivity index (χ0n) is 29.0. The van der Waals surface area contributed by atoms with Crippen LogP contribution in [0.5, 0.6) is 0 Å². The molecule has 0 bridgehead atoms. The van der Waals surface area contributed by atoms with Crippen LogP contribution in [0.3, 0.4) is 0 Å². The number of hydrogen-bond donors (Lipinski definition) is 0. The lowest BCUT2D eigenvalue weighted by Gasteiger charge is -2.27. The Hall–Kier alpha value is -3.34. The summed E-state index contributed by atoms with van der Waals surface area (Å²) in [6, 6.07) is 18.1. The lowest BCUT2D eigenvalue weighted by atomic mass is 9.79. The second kappa shape index (κ2) is 15.7. The molecule has 2 aliphatic rings. The van der Waals surface area contributed by atoms with Gasteiger partial charge in [0.1, 0.15) is 6.54 Å². The monoisotopic (exact) mass is 754 g/mol. The second-order valence-electron chi connectivity index (χ2n) is 13.8. The predicted octanol–water partition coefficient (Wildman–Crippen LogP) is 5.89. The fraction of sp³-hybridized carbons (Fsp3) is 0.378. The van der Waals surface area contributed by atoms with Crippen LogP contribution in [0.25, 0.3) is 10.8 Å². The van der Waals surface area contributed by atoms with E-state index in [0.717, 1.165) is 51.2 Å². The van der Waals surface area contributed by atoms with Crippen molar-refractivity contribution in [1.82, 2.24) is 0 Å². The van der Waals surface area contributed by atoms with Crippen LogP contribution in [0.1, 0.15) is 64.5 Å². The Morgan fingerprint density at radius 2 is 1.55 bits per heavy atom. The van der Waals surface area contributed by atoms with Crippen LogP contribution in [-0.2, 0) is 40.4 Å². The summed E-state index contributed by atoms with van der Waals surface area (Å²) in [5.41, 5.74) is 5.35. The summed E-state index contributed by atoms with van der Waals surface area (Å²) in [5, 5.41) is 16.2. The number of rotatable bonds is 16. The number of allylic oxidation sites excluding steroid dienone is 6. The van der Waals surface area contributed by atoms with E-state index in [2.05, 4.69) is 76.9 Å². The smallest absolute Gasteiger partial charge is 0.210 e. The Morgan fingerprint density at radius 3 is 2.25 bits per heavy atom. The molecule has 0 N–H and O–H groups in total. The number of fused-ring (bicyclic) bond motifs is 4. The van der Waals surface area contributed by atoms with Gasteiger partial charge in [0.25, 0.3) is 0 Å². The van der Waals surface area contributed by atoms with Crippen LogP contribution in [0.15, 0.2) is 95.6 Å². The summed E-state index contributed by atoms with van der Waals surface area (Å²) in [7, 11) is -8.60. The number of anilines is 1. The van der Waals surface area contributed by atoms with Gasteiger partial charge in [-0.05, 0) is 79.8 Å². The summed E-state index contributed by atoms with van der Waals surface area (Å²) in [5.74, 6) is -0.818. The van der Waals surface area contributed by atoms with Crippen molar-refractivity contribution in [1.29, 1.82) is 0 Å². The van der Waals surface area contributed by atoms with Gasteiger partial charge in [-0.2, -0.15) is 8.91 Å². The van der Waals surface area contributed by atoms with Crippen LogP contribution in [-0.4, -0.2) is 60.8 Å². The molecular formula is C37H42N2O9S3-2. The Bertz CT molecular complexity index is 2120. The van der Waals surface area contributed by atoms with Crippen molar-refractivity contribution < 1.29 is 45.1 Å². The van der Waals surface area contributed by atoms with Crippen molar-refractivity contribution in [2.24, 2.45) is 0 Å². The minimum atomic E-state index is -4.31. The van der Waals surface area contributed by atoms with Crippen molar-refractivity contribution in [2.75, 3.05) is 29.5 Å². The molecule has 0 spiro atoms. The average molecular weight is 755 g/mol. The van der Waals surface area contributed by atoms with Crippen LogP contribution in [0.2, 0.25) is 0 Å². The Balaban J connectivity index is 1.45. The predicted molar refractivity (Wildman–Crippen MR) is 196 cm³/mol. The fourth-order valence-electron chi connectivity index (χ4n) is 7.23. The van der Waals surface area contributed by atoms with Gasteiger partial charge in [-0.25, -0.2) is 16.8 Å². The molecule has 0 fully saturated rings. The Morgan fingerprint density at radius 1 is 0.843 bits per heavy atom. The molecule has 0 saturated heterocycles. The first kappa shape index (κ1) is 38.9. The first-order valence-electron chi connectivity index (χ1n) is 16.7. The van der Waals surface area contributed by atoms with Gasteiger partial charge in [-0.1, -0.05) is 56.3 Å². The molecule has 0 unspecified atom stereocenters. The minimum Gasteiger partial charge on any atom is -0.748 e. The third kappa shape index (κ3) is 9.00. The summed E-state index contributed by atoms with van der Waals surface area (Å²) in [4.78, 5) is 2.81. The van der Waals surface area contributed by atoms with E-state index in [0.29, 0.717) is 30.8 Å².